The lowest BCUT2D eigenvalue weighted by Crippen LogP contribution is -2.28. The predicted octanol–water partition coefficient (Wildman–Crippen LogP) is 3.59. The van der Waals surface area contributed by atoms with Crippen LogP contribution in [0.5, 0.6) is 0 Å². The van der Waals surface area contributed by atoms with Gasteiger partial charge >= 0.3 is 0 Å². The molecule has 8 heteroatoms. The van der Waals surface area contributed by atoms with Crippen molar-refractivity contribution >= 4 is 28.7 Å². The molecule has 1 amide bonds. The molecule has 0 aliphatic carbocycles. The molecule has 0 aliphatic heterocycles. The van der Waals surface area contributed by atoms with E-state index in [-0.39, 0.29) is 12.1 Å². The van der Waals surface area contributed by atoms with Crippen LogP contribution in [0, 0.1) is 5.82 Å². The number of anilines is 1. The molecule has 0 aliphatic rings. The van der Waals surface area contributed by atoms with Crippen LogP contribution in [-0.2, 0) is 11.3 Å². The van der Waals surface area contributed by atoms with Gasteiger partial charge in [0.2, 0.25) is 5.91 Å². The Labute approximate surface area is 163 Å². The van der Waals surface area contributed by atoms with Gasteiger partial charge in [-0.15, -0.1) is 0 Å². The molecule has 1 N–H and O–H groups in total. The minimum Gasteiger partial charge on any atom is -0.325 e. The largest absolute Gasteiger partial charge is 0.325 e. The molecule has 0 bridgehead atoms. The van der Waals surface area contributed by atoms with E-state index in [1.807, 2.05) is 12.1 Å². The van der Waals surface area contributed by atoms with Crippen molar-refractivity contribution in [3.63, 3.8) is 0 Å². The van der Waals surface area contributed by atoms with Gasteiger partial charge in [-0.1, -0.05) is 23.7 Å². The monoisotopic (exact) mass is 396 g/mol. The van der Waals surface area contributed by atoms with E-state index in [9.17, 15) is 14.0 Å². The third-order valence-electron chi connectivity index (χ3n) is 4.19. The molecule has 2 aromatic carbocycles. The van der Waals surface area contributed by atoms with Crippen molar-refractivity contribution in [2.24, 2.45) is 0 Å². The number of halogens is 2. The van der Waals surface area contributed by atoms with Crippen molar-refractivity contribution in [2.75, 3.05) is 5.32 Å². The second-order valence-electron chi connectivity index (χ2n) is 6.15. The molecule has 0 fully saturated rings. The van der Waals surface area contributed by atoms with E-state index in [1.54, 1.807) is 24.4 Å². The summed E-state index contributed by atoms with van der Waals surface area (Å²) in [5, 5.41) is 7.64. The molecule has 4 rings (SSSR count). The molecule has 0 saturated heterocycles. The summed E-state index contributed by atoms with van der Waals surface area (Å²) in [7, 11) is 0. The Hall–Kier alpha value is -3.45. The Morgan fingerprint density at radius 1 is 1.07 bits per heavy atom. The maximum Gasteiger partial charge on any atom is 0.277 e. The lowest BCUT2D eigenvalue weighted by atomic mass is 10.1. The number of nitrogens with zero attached hydrogens (tertiary/aromatic N) is 3. The van der Waals surface area contributed by atoms with Crippen molar-refractivity contribution in [2.45, 2.75) is 6.54 Å². The summed E-state index contributed by atoms with van der Waals surface area (Å²) in [6, 6.07) is 14.2. The summed E-state index contributed by atoms with van der Waals surface area (Å²) in [6.45, 7) is -0.172. The van der Waals surface area contributed by atoms with Crippen LogP contribution in [0.3, 0.4) is 0 Å². The van der Waals surface area contributed by atoms with E-state index in [1.165, 1.54) is 39.5 Å². The SMILES string of the molecule is O=C(Cn1ccn2nc(-c3ccc(Cl)cc3)cc2c1=O)Nc1ccc(F)cc1. The summed E-state index contributed by atoms with van der Waals surface area (Å²) in [5.74, 6) is -0.785. The second kappa shape index (κ2) is 7.28. The summed E-state index contributed by atoms with van der Waals surface area (Å²) < 4.78 is 15.7. The average molecular weight is 397 g/mol. The average Bonchev–Trinajstić information content (AvgIpc) is 3.12. The molecule has 28 heavy (non-hydrogen) atoms. The van der Waals surface area contributed by atoms with Gasteiger partial charge in [0.15, 0.2) is 0 Å². The Balaban J connectivity index is 1.59. The Kier molecular flexibility index (Phi) is 4.67. The molecule has 0 radical (unpaired) electrons. The lowest BCUT2D eigenvalue weighted by Gasteiger charge is -2.07. The zero-order valence-corrected chi connectivity index (χ0v) is 15.2. The molecule has 2 aromatic heterocycles. The number of nitrogens with one attached hydrogen (secondary N) is 1. The number of hydrogen-bond donors (Lipinski definition) is 1. The van der Waals surface area contributed by atoms with Crippen LogP contribution in [0.1, 0.15) is 0 Å². The molecular formula is C20H14ClFN4O2. The Bertz CT molecular complexity index is 1210. The summed E-state index contributed by atoms with van der Waals surface area (Å²) in [5.41, 5.74) is 1.91. The molecule has 0 saturated carbocycles. The standard InChI is InChI=1S/C20H14ClFN4O2/c21-14-3-1-13(2-4-14)17-11-18-20(28)25(9-10-26(18)24-17)12-19(27)23-16-7-5-15(22)6-8-16/h1-11H,12H2,(H,23,27). The molecular weight excluding hydrogens is 383 g/mol. The molecule has 2 heterocycles. The first-order valence-corrected chi connectivity index (χ1v) is 8.77. The van der Waals surface area contributed by atoms with E-state index in [0.29, 0.717) is 21.9 Å². The zero-order valence-electron chi connectivity index (χ0n) is 14.5. The van der Waals surface area contributed by atoms with Crippen LogP contribution in [0.25, 0.3) is 16.8 Å². The summed E-state index contributed by atoms with van der Waals surface area (Å²) >= 11 is 5.90. The van der Waals surface area contributed by atoms with Crippen molar-refractivity contribution < 1.29 is 9.18 Å². The van der Waals surface area contributed by atoms with Crippen molar-refractivity contribution in [1.29, 1.82) is 0 Å². The van der Waals surface area contributed by atoms with Crippen molar-refractivity contribution in [3.8, 4) is 11.3 Å². The van der Waals surface area contributed by atoms with Gasteiger partial charge in [0.1, 0.15) is 17.9 Å². The zero-order chi connectivity index (χ0) is 19.7. The van der Waals surface area contributed by atoms with Gasteiger partial charge in [0, 0.05) is 28.7 Å². The first-order valence-electron chi connectivity index (χ1n) is 8.40. The van der Waals surface area contributed by atoms with E-state index < -0.39 is 11.7 Å². The Morgan fingerprint density at radius 3 is 2.50 bits per heavy atom. The molecule has 0 unspecified atom stereocenters. The quantitative estimate of drug-likeness (QED) is 0.573. The molecule has 4 aromatic rings. The Morgan fingerprint density at radius 2 is 1.79 bits per heavy atom. The third kappa shape index (κ3) is 3.65. The van der Waals surface area contributed by atoms with Gasteiger partial charge in [-0.2, -0.15) is 5.10 Å². The van der Waals surface area contributed by atoms with Gasteiger partial charge < -0.3 is 9.88 Å². The fourth-order valence-corrected chi connectivity index (χ4v) is 2.93. The van der Waals surface area contributed by atoms with Crippen LogP contribution in [-0.4, -0.2) is 20.1 Å². The minimum absolute atomic E-state index is 0.172. The van der Waals surface area contributed by atoms with E-state index in [0.717, 1.165) is 5.56 Å². The number of fused-ring (bicyclic) bond motifs is 1. The second-order valence-corrected chi connectivity index (χ2v) is 6.59. The fourth-order valence-electron chi connectivity index (χ4n) is 2.80. The number of aromatic nitrogens is 3. The van der Waals surface area contributed by atoms with Crippen LogP contribution in [0.15, 0.2) is 71.8 Å². The summed E-state index contributed by atoms with van der Waals surface area (Å²) in [6.07, 6.45) is 3.11. The van der Waals surface area contributed by atoms with Gasteiger partial charge in [-0.25, -0.2) is 8.91 Å². The smallest absolute Gasteiger partial charge is 0.277 e. The van der Waals surface area contributed by atoms with Crippen molar-refractivity contribution in [3.05, 3.63) is 88.2 Å². The highest BCUT2D eigenvalue weighted by molar-refractivity contribution is 6.30. The molecule has 0 spiro atoms. The minimum atomic E-state index is -0.393. The van der Waals surface area contributed by atoms with Crippen LogP contribution >= 0.6 is 11.6 Å². The first kappa shape index (κ1) is 17.9. The first-order chi connectivity index (χ1) is 13.5. The number of carbonyl (C=O) groups is 1. The topological polar surface area (TPSA) is 68.4 Å². The normalized spacial score (nSPS) is 10.9. The van der Waals surface area contributed by atoms with Gasteiger partial charge in [-0.3, -0.25) is 9.59 Å². The highest BCUT2D eigenvalue weighted by Crippen LogP contribution is 2.20. The predicted molar refractivity (Wildman–Crippen MR) is 105 cm³/mol. The fraction of sp³-hybridized carbons (Fsp3) is 0.0500. The van der Waals surface area contributed by atoms with Crippen molar-refractivity contribution in [1.82, 2.24) is 14.2 Å². The summed E-state index contributed by atoms with van der Waals surface area (Å²) in [4.78, 5) is 24.9. The number of rotatable bonds is 4. The molecule has 140 valence electrons. The van der Waals surface area contributed by atoms with Crippen LogP contribution in [0.4, 0.5) is 10.1 Å². The molecule has 0 atom stereocenters. The highest BCUT2D eigenvalue weighted by Gasteiger charge is 2.11. The number of hydrogen-bond acceptors (Lipinski definition) is 3. The number of benzene rings is 2. The lowest BCUT2D eigenvalue weighted by molar-refractivity contribution is -0.116. The maximum atomic E-state index is 12.9. The number of carbonyl (C=O) groups excluding carboxylic acids is 1. The van der Waals surface area contributed by atoms with E-state index in [4.69, 9.17) is 11.6 Å². The van der Waals surface area contributed by atoms with Crippen LogP contribution in [0.2, 0.25) is 5.02 Å². The highest BCUT2D eigenvalue weighted by atomic mass is 35.5. The molecule has 6 nitrogen and oxygen atoms in total. The van der Waals surface area contributed by atoms with E-state index >= 15 is 0 Å². The number of amides is 1. The van der Waals surface area contributed by atoms with Gasteiger partial charge in [0.25, 0.3) is 5.56 Å². The maximum absolute atomic E-state index is 12.9. The van der Waals surface area contributed by atoms with Crippen LogP contribution < -0.4 is 10.9 Å². The third-order valence-corrected chi connectivity index (χ3v) is 4.44. The van der Waals surface area contributed by atoms with Gasteiger partial charge in [-0.05, 0) is 42.5 Å². The van der Waals surface area contributed by atoms with Gasteiger partial charge in [0.05, 0.1) is 5.69 Å². The van der Waals surface area contributed by atoms with E-state index in [2.05, 4.69) is 10.4 Å².